The molecule has 0 amide bonds. The van der Waals surface area contributed by atoms with E-state index in [0.717, 1.165) is 75.1 Å². The van der Waals surface area contributed by atoms with Gasteiger partial charge in [0.25, 0.3) is 11.6 Å². The Bertz CT molecular complexity index is 778. The Kier molecular flexibility index (Phi) is 3.55. The van der Waals surface area contributed by atoms with Crippen molar-refractivity contribution in [3.63, 3.8) is 0 Å². The van der Waals surface area contributed by atoms with E-state index in [1.807, 2.05) is 48.5 Å². The van der Waals surface area contributed by atoms with Gasteiger partial charge in [0, 0.05) is 39.0 Å². The van der Waals surface area contributed by atoms with E-state index in [4.69, 9.17) is 18.9 Å². The Morgan fingerprint density at radius 3 is 1.32 bits per heavy atom. The van der Waals surface area contributed by atoms with Gasteiger partial charge < -0.3 is 18.9 Å². The third-order valence-electron chi connectivity index (χ3n) is 6.16. The van der Waals surface area contributed by atoms with Crippen LogP contribution in [0.25, 0.3) is 0 Å². The zero-order valence-corrected chi connectivity index (χ0v) is 15.8. The maximum Gasteiger partial charge on any atom is 0.265 e. The topological polar surface area (TPSA) is 43.4 Å². The molecule has 2 aromatic carbocycles. The molecule has 6 heteroatoms. The van der Waals surface area contributed by atoms with Crippen molar-refractivity contribution in [1.82, 2.24) is 9.80 Å². The number of ether oxygens (including phenoxy) is 4. The molecule has 0 aromatic heterocycles. The smallest absolute Gasteiger partial charge is 0.265 e. The lowest BCUT2D eigenvalue weighted by Crippen LogP contribution is -2.44. The first-order chi connectivity index (χ1) is 13.7. The highest BCUT2D eigenvalue weighted by Crippen LogP contribution is 2.44. The molecular weight excluding hydrogens is 356 g/mol. The molecule has 0 bridgehead atoms. The summed E-state index contributed by atoms with van der Waals surface area (Å²) in [5.74, 6) is 2.44. The molecule has 4 aliphatic rings. The number of nitrogens with zero attached hydrogens (tertiary/aromatic N) is 2. The number of rotatable bonds is 3. The molecule has 6 nitrogen and oxygen atoms in total. The normalized spacial score (nSPS) is 23.9. The van der Waals surface area contributed by atoms with Gasteiger partial charge in [0.1, 0.15) is 0 Å². The third-order valence-corrected chi connectivity index (χ3v) is 6.16. The van der Waals surface area contributed by atoms with Crippen LogP contribution < -0.4 is 18.9 Å². The monoisotopic (exact) mass is 380 g/mol. The van der Waals surface area contributed by atoms with Crippen molar-refractivity contribution in [3.05, 3.63) is 48.5 Å². The van der Waals surface area contributed by atoms with E-state index in [9.17, 15) is 0 Å². The van der Waals surface area contributed by atoms with Gasteiger partial charge in [-0.05, 0) is 24.3 Å². The van der Waals surface area contributed by atoms with Crippen LogP contribution in [-0.4, -0.2) is 60.6 Å². The van der Waals surface area contributed by atoms with Gasteiger partial charge in [0.05, 0.1) is 13.1 Å². The van der Waals surface area contributed by atoms with E-state index in [0.29, 0.717) is 0 Å². The van der Waals surface area contributed by atoms with Crippen LogP contribution in [0.3, 0.4) is 0 Å². The lowest BCUT2D eigenvalue weighted by molar-refractivity contribution is -0.0709. The van der Waals surface area contributed by atoms with E-state index >= 15 is 0 Å². The molecular formula is C22H24N2O4. The van der Waals surface area contributed by atoms with E-state index in [1.54, 1.807) is 0 Å². The van der Waals surface area contributed by atoms with Crippen molar-refractivity contribution in [2.24, 2.45) is 0 Å². The van der Waals surface area contributed by atoms with Crippen LogP contribution in [0.15, 0.2) is 48.5 Å². The fourth-order valence-corrected chi connectivity index (χ4v) is 4.73. The molecule has 4 aliphatic heterocycles. The Morgan fingerprint density at radius 1 is 0.607 bits per heavy atom. The first kappa shape index (κ1) is 16.5. The summed E-state index contributed by atoms with van der Waals surface area (Å²) in [6.45, 7) is 5.58. The summed E-state index contributed by atoms with van der Waals surface area (Å²) in [7, 11) is 0. The van der Waals surface area contributed by atoms with Crippen molar-refractivity contribution >= 4 is 0 Å². The molecule has 0 atom stereocenters. The second-order valence-corrected chi connectivity index (χ2v) is 8.18. The zero-order chi connectivity index (χ0) is 18.6. The van der Waals surface area contributed by atoms with Gasteiger partial charge >= 0.3 is 0 Å². The number of benzene rings is 2. The Labute approximate surface area is 164 Å². The minimum Gasteiger partial charge on any atom is -0.447 e. The standard InChI is InChI=1S/C22H24N2O4/c1-2-6-18-17(5-1)25-21(26-18)9-11-23(15-21)13-14-24-12-10-22(16-24)27-19-7-3-4-8-20(19)28-22/h1-8H,9-16H2. The largest absolute Gasteiger partial charge is 0.447 e. The summed E-state index contributed by atoms with van der Waals surface area (Å²) in [5.41, 5.74) is 0. The highest BCUT2D eigenvalue weighted by Gasteiger charge is 2.49. The molecule has 0 saturated carbocycles. The zero-order valence-electron chi connectivity index (χ0n) is 15.8. The van der Waals surface area contributed by atoms with E-state index in [2.05, 4.69) is 9.80 Å². The van der Waals surface area contributed by atoms with Crippen molar-refractivity contribution in [2.45, 2.75) is 24.4 Å². The highest BCUT2D eigenvalue weighted by molar-refractivity contribution is 5.44. The summed E-state index contributed by atoms with van der Waals surface area (Å²) in [5, 5.41) is 0. The fraction of sp³-hybridized carbons (Fsp3) is 0.455. The second kappa shape index (κ2) is 6.03. The highest BCUT2D eigenvalue weighted by atomic mass is 16.7. The number of fused-ring (bicyclic) bond motifs is 2. The predicted octanol–water partition coefficient (Wildman–Crippen LogP) is 2.73. The lowest BCUT2D eigenvalue weighted by atomic mass is 10.2. The molecule has 28 heavy (non-hydrogen) atoms. The van der Waals surface area contributed by atoms with E-state index in [1.165, 1.54) is 0 Å². The molecule has 0 unspecified atom stereocenters. The van der Waals surface area contributed by atoms with Gasteiger partial charge in [0.15, 0.2) is 23.0 Å². The van der Waals surface area contributed by atoms with Gasteiger partial charge in [-0.15, -0.1) is 0 Å². The van der Waals surface area contributed by atoms with Gasteiger partial charge in [-0.3, -0.25) is 9.80 Å². The van der Waals surface area contributed by atoms with Crippen LogP contribution in [-0.2, 0) is 0 Å². The van der Waals surface area contributed by atoms with Crippen LogP contribution in [0.4, 0.5) is 0 Å². The van der Waals surface area contributed by atoms with Crippen LogP contribution >= 0.6 is 0 Å². The number of hydrogen-bond donors (Lipinski definition) is 0. The summed E-state index contributed by atoms with van der Waals surface area (Å²) in [4.78, 5) is 4.87. The molecule has 2 spiro atoms. The molecule has 146 valence electrons. The molecule has 6 rings (SSSR count). The van der Waals surface area contributed by atoms with Crippen LogP contribution in [0.2, 0.25) is 0 Å². The van der Waals surface area contributed by atoms with Crippen molar-refractivity contribution in [1.29, 1.82) is 0 Å². The molecule has 0 radical (unpaired) electrons. The molecule has 0 N–H and O–H groups in total. The molecule has 2 aromatic rings. The average molecular weight is 380 g/mol. The quantitative estimate of drug-likeness (QED) is 0.816. The van der Waals surface area contributed by atoms with Crippen molar-refractivity contribution in [2.75, 3.05) is 39.3 Å². The molecule has 2 saturated heterocycles. The van der Waals surface area contributed by atoms with Crippen molar-refractivity contribution in [3.8, 4) is 23.0 Å². The molecule has 0 aliphatic carbocycles. The SMILES string of the molecule is c1ccc2c(c1)OC1(CCN(CCN3CCC4(C3)Oc3ccccc3O4)C1)O2. The number of para-hydroxylation sites is 4. The fourth-order valence-electron chi connectivity index (χ4n) is 4.73. The minimum atomic E-state index is -0.505. The van der Waals surface area contributed by atoms with E-state index in [-0.39, 0.29) is 0 Å². The molecule has 4 heterocycles. The first-order valence-corrected chi connectivity index (χ1v) is 10.1. The maximum absolute atomic E-state index is 6.15. The van der Waals surface area contributed by atoms with Crippen molar-refractivity contribution < 1.29 is 18.9 Å². The van der Waals surface area contributed by atoms with Gasteiger partial charge in [0.2, 0.25) is 0 Å². The minimum absolute atomic E-state index is 0.505. The van der Waals surface area contributed by atoms with Gasteiger partial charge in [-0.25, -0.2) is 0 Å². The van der Waals surface area contributed by atoms with Gasteiger partial charge in [-0.1, -0.05) is 24.3 Å². The Balaban J connectivity index is 1.03. The third kappa shape index (κ3) is 2.71. The Morgan fingerprint density at radius 2 is 0.964 bits per heavy atom. The Hall–Kier alpha value is -2.44. The van der Waals surface area contributed by atoms with Crippen LogP contribution in [0.5, 0.6) is 23.0 Å². The predicted molar refractivity (Wildman–Crippen MR) is 103 cm³/mol. The second-order valence-electron chi connectivity index (χ2n) is 8.18. The summed E-state index contributed by atoms with van der Waals surface area (Å²) in [6, 6.07) is 15.9. The summed E-state index contributed by atoms with van der Waals surface area (Å²) < 4.78 is 24.6. The van der Waals surface area contributed by atoms with Crippen LogP contribution in [0.1, 0.15) is 12.8 Å². The number of hydrogen-bond acceptors (Lipinski definition) is 6. The first-order valence-electron chi connectivity index (χ1n) is 10.1. The summed E-state index contributed by atoms with van der Waals surface area (Å²) >= 11 is 0. The maximum atomic E-state index is 6.15. The molecule has 2 fully saturated rings. The average Bonchev–Trinajstić information content (AvgIpc) is 3.45. The van der Waals surface area contributed by atoms with E-state index < -0.39 is 11.6 Å². The van der Waals surface area contributed by atoms with Gasteiger partial charge in [-0.2, -0.15) is 0 Å². The lowest BCUT2D eigenvalue weighted by Gasteiger charge is -2.25. The van der Waals surface area contributed by atoms with Crippen LogP contribution in [0, 0.1) is 0 Å². The summed E-state index contributed by atoms with van der Waals surface area (Å²) in [6.07, 6.45) is 1.79. The number of likely N-dealkylation sites (tertiary alicyclic amines) is 2.